The van der Waals surface area contributed by atoms with Crippen molar-refractivity contribution in [3.63, 3.8) is 0 Å². The minimum absolute atomic E-state index is 0.00868. The molecule has 0 saturated heterocycles. The Kier molecular flexibility index (Phi) is 8.84. The Labute approximate surface area is 189 Å². The Morgan fingerprint density at radius 3 is 2.03 bits per heavy atom. The van der Waals surface area contributed by atoms with Gasteiger partial charge in [0.15, 0.2) is 0 Å². The number of halogens is 3. The van der Waals surface area contributed by atoms with E-state index in [0.29, 0.717) is 17.7 Å². The molecule has 10 heteroatoms. The van der Waals surface area contributed by atoms with Crippen LogP contribution in [0.2, 0.25) is 0 Å². The maximum Gasteiger partial charge on any atom is 0.416 e. The minimum Gasteiger partial charge on any atom is -0.481 e. The van der Waals surface area contributed by atoms with E-state index in [1.807, 2.05) is 13.8 Å². The van der Waals surface area contributed by atoms with Gasteiger partial charge < -0.3 is 21.1 Å². The zero-order valence-corrected chi connectivity index (χ0v) is 18.2. The van der Waals surface area contributed by atoms with E-state index >= 15 is 0 Å². The van der Waals surface area contributed by atoms with E-state index in [4.69, 9.17) is 5.11 Å². The number of benzene rings is 2. The Bertz CT molecular complexity index is 958. The third-order valence-corrected chi connectivity index (χ3v) is 4.62. The van der Waals surface area contributed by atoms with Crippen LogP contribution in [0.15, 0.2) is 48.5 Å². The molecule has 33 heavy (non-hydrogen) atoms. The van der Waals surface area contributed by atoms with Crippen LogP contribution >= 0.6 is 0 Å². The Balaban J connectivity index is 2.03. The molecule has 2 rings (SSSR count). The van der Waals surface area contributed by atoms with Crippen molar-refractivity contribution in [3.05, 3.63) is 59.7 Å². The van der Waals surface area contributed by atoms with Crippen molar-refractivity contribution >= 4 is 29.2 Å². The summed E-state index contributed by atoms with van der Waals surface area (Å²) in [5.74, 6) is -1.68. The van der Waals surface area contributed by atoms with Crippen LogP contribution in [0.3, 0.4) is 0 Å². The first kappa shape index (κ1) is 25.7. The van der Waals surface area contributed by atoms with Gasteiger partial charge in [-0.1, -0.05) is 13.8 Å². The first-order chi connectivity index (χ1) is 15.5. The Morgan fingerprint density at radius 2 is 1.52 bits per heavy atom. The zero-order chi connectivity index (χ0) is 24.6. The highest BCUT2D eigenvalue weighted by Crippen LogP contribution is 2.30. The van der Waals surface area contributed by atoms with E-state index in [-0.39, 0.29) is 24.6 Å². The molecule has 0 spiro atoms. The number of amides is 2. The van der Waals surface area contributed by atoms with E-state index in [2.05, 4.69) is 16.0 Å². The number of nitrogens with one attached hydrogen (secondary N) is 3. The first-order valence-electron chi connectivity index (χ1n) is 10.3. The fraction of sp³-hybridized carbons (Fsp3) is 0.348. The molecule has 0 aromatic heterocycles. The van der Waals surface area contributed by atoms with Crippen LogP contribution in [0.1, 0.15) is 42.6 Å². The van der Waals surface area contributed by atoms with Gasteiger partial charge in [0, 0.05) is 23.5 Å². The lowest BCUT2D eigenvalue weighted by Crippen LogP contribution is -2.36. The predicted octanol–water partition coefficient (Wildman–Crippen LogP) is 4.38. The summed E-state index contributed by atoms with van der Waals surface area (Å²) >= 11 is 0. The number of alkyl halides is 3. The lowest BCUT2D eigenvalue weighted by molar-refractivity contribution is -0.138. The van der Waals surface area contributed by atoms with Crippen LogP contribution in [0.5, 0.6) is 0 Å². The second-order valence-corrected chi connectivity index (χ2v) is 7.87. The van der Waals surface area contributed by atoms with Crippen LogP contribution in [0, 0.1) is 5.92 Å². The number of anilines is 2. The van der Waals surface area contributed by atoms with Gasteiger partial charge in [-0.05, 0) is 60.9 Å². The maximum atomic E-state index is 12.8. The highest BCUT2D eigenvalue weighted by molar-refractivity contribution is 5.97. The van der Waals surface area contributed by atoms with Gasteiger partial charge in [-0.2, -0.15) is 13.2 Å². The number of hydrogen-bond donors (Lipinski definition) is 4. The lowest BCUT2D eigenvalue weighted by Gasteiger charge is -2.21. The molecule has 0 bridgehead atoms. The molecule has 0 saturated carbocycles. The lowest BCUT2D eigenvalue weighted by atomic mass is 10.0. The van der Waals surface area contributed by atoms with Gasteiger partial charge in [0.1, 0.15) is 6.04 Å². The average Bonchev–Trinajstić information content (AvgIpc) is 2.73. The quantitative estimate of drug-likeness (QED) is 0.417. The molecular weight excluding hydrogens is 439 g/mol. The predicted molar refractivity (Wildman–Crippen MR) is 118 cm³/mol. The molecule has 0 unspecified atom stereocenters. The second-order valence-electron chi connectivity index (χ2n) is 7.87. The molecule has 0 fully saturated rings. The van der Waals surface area contributed by atoms with E-state index in [0.717, 1.165) is 12.1 Å². The summed E-state index contributed by atoms with van der Waals surface area (Å²) in [6, 6.07) is 9.85. The van der Waals surface area contributed by atoms with E-state index < -0.39 is 35.6 Å². The molecule has 0 radical (unpaired) electrons. The van der Waals surface area contributed by atoms with Crippen LogP contribution in [-0.2, 0) is 15.8 Å². The SMILES string of the molecule is CC(C)C[C@@H](Nc1ccc(C(=O)NCCC(=O)O)cc1)C(=O)Nc1ccc(C(F)(F)F)cc1. The summed E-state index contributed by atoms with van der Waals surface area (Å²) in [6.07, 6.45) is -4.18. The number of rotatable bonds is 10. The summed E-state index contributed by atoms with van der Waals surface area (Å²) in [5.41, 5.74) is 0.354. The van der Waals surface area contributed by atoms with Gasteiger partial charge in [0.05, 0.1) is 12.0 Å². The molecule has 0 aliphatic heterocycles. The van der Waals surface area contributed by atoms with Gasteiger partial charge in [0.25, 0.3) is 5.91 Å². The van der Waals surface area contributed by atoms with Crippen molar-refractivity contribution in [3.8, 4) is 0 Å². The number of hydrogen-bond acceptors (Lipinski definition) is 4. The summed E-state index contributed by atoms with van der Waals surface area (Å²) < 4.78 is 38.2. The average molecular weight is 465 g/mol. The maximum absolute atomic E-state index is 12.8. The molecule has 7 nitrogen and oxygen atoms in total. The van der Waals surface area contributed by atoms with Gasteiger partial charge in [-0.15, -0.1) is 0 Å². The number of carboxylic acid groups (broad SMARTS) is 1. The monoisotopic (exact) mass is 465 g/mol. The van der Waals surface area contributed by atoms with Gasteiger partial charge in [-0.3, -0.25) is 14.4 Å². The summed E-state index contributed by atoms with van der Waals surface area (Å²) in [4.78, 5) is 35.3. The van der Waals surface area contributed by atoms with Gasteiger partial charge in [-0.25, -0.2) is 0 Å². The third kappa shape index (κ3) is 8.47. The van der Waals surface area contributed by atoms with Crippen LogP contribution < -0.4 is 16.0 Å². The van der Waals surface area contributed by atoms with Crippen molar-refractivity contribution in [2.75, 3.05) is 17.2 Å². The summed E-state index contributed by atoms with van der Waals surface area (Å²) in [5, 5.41) is 16.8. The van der Waals surface area contributed by atoms with Crippen molar-refractivity contribution in [1.82, 2.24) is 5.32 Å². The van der Waals surface area contributed by atoms with Crippen molar-refractivity contribution in [2.45, 2.75) is 38.9 Å². The topological polar surface area (TPSA) is 108 Å². The molecular formula is C23H26F3N3O4. The molecule has 1 atom stereocenters. The number of aliphatic carboxylic acids is 1. The highest BCUT2D eigenvalue weighted by Gasteiger charge is 2.30. The van der Waals surface area contributed by atoms with E-state index in [1.165, 1.54) is 12.1 Å². The standard InChI is InChI=1S/C23H26F3N3O4/c1-14(2)13-19(22(33)29-18-9-5-16(6-10-18)23(24,25)26)28-17-7-3-15(4-8-17)21(32)27-12-11-20(30)31/h3-10,14,19,28H,11-13H2,1-2H3,(H,27,32)(H,29,33)(H,30,31)/t19-/m1/s1. The van der Waals surface area contributed by atoms with Crippen molar-refractivity contribution < 1.29 is 32.7 Å². The second kappa shape index (κ2) is 11.3. The van der Waals surface area contributed by atoms with E-state index in [9.17, 15) is 27.6 Å². The molecule has 2 aromatic rings. The highest BCUT2D eigenvalue weighted by atomic mass is 19.4. The van der Waals surface area contributed by atoms with Crippen LogP contribution in [0.4, 0.5) is 24.5 Å². The smallest absolute Gasteiger partial charge is 0.416 e. The molecule has 0 aliphatic rings. The fourth-order valence-electron chi connectivity index (χ4n) is 2.98. The van der Waals surface area contributed by atoms with Gasteiger partial charge >= 0.3 is 12.1 Å². The number of carbonyl (C=O) groups is 3. The Morgan fingerprint density at radius 1 is 0.939 bits per heavy atom. The molecule has 2 aromatic carbocycles. The van der Waals surface area contributed by atoms with E-state index in [1.54, 1.807) is 24.3 Å². The fourth-order valence-corrected chi connectivity index (χ4v) is 2.98. The summed E-state index contributed by atoms with van der Waals surface area (Å²) in [7, 11) is 0. The van der Waals surface area contributed by atoms with Crippen LogP contribution in [-0.4, -0.2) is 35.5 Å². The van der Waals surface area contributed by atoms with Gasteiger partial charge in [0.2, 0.25) is 5.91 Å². The third-order valence-electron chi connectivity index (χ3n) is 4.62. The first-order valence-corrected chi connectivity index (χ1v) is 10.3. The zero-order valence-electron chi connectivity index (χ0n) is 18.2. The number of carbonyl (C=O) groups excluding carboxylic acids is 2. The Hall–Kier alpha value is -3.56. The molecule has 178 valence electrons. The molecule has 4 N–H and O–H groups in total. The van der Waals surface area contributed by atoms with Crippen molar-refractivity contribution in [1.29, 1.82) is 0 Å². The minimum atomic E-state index is -4.45. The largest absolute Gasteiger partial charge is 0.481 e. The van der Waals surface area contributed by atoms with Crippen LogP contribution in [0.25, 0.3) is 0 Å². The number of carboxylic acids is 1. The normalized spacial score (nSPS) is 12.2. The summed E-state index contributed by atoms with van der Waals surface area (Å²) in [6.45, 7) is 3.88. The molecule has 0 heterocycles. The molecule has 2 amide bonds. The van der Waals surface area contributed by atoms with Crippen molar-refractivity contribution in [2.24, 2.45) is 5.92 Å². The molecule has 0 aliphatic carbocycles.